The van der Waals surface area contributed by atoms with Crippen molar-refractivity contribution in [3.05, 3.63) is 24.3 Å². The van der Waals surface area contributed by atoms with Gasteiger partial charge in [-0.25, -0.2) is 8.42 Å². The summed E-state index contributed by atoms with van der Waals surface area (Å²) in [5, 5.41) is 2.85. The number of nitrogens with zero attached hydrogens (tertiary/aromatic N) is 1. The van der Waals surface area contributed by atoms with Crippen molar-refractivity contribution in [1.29, 1.82) is 0 Å². The van der Waals surface area contributed by atoms with Crippen molar-refractivity contribution >= 4 is 51.9 Å². The van der Waals surface area contributed by atoms with Gasteiger partial charge in [-0.2, -0.15) is 0 Å². The van der Waals surface area contributed by atoms with E-state index in [4.69, 9.17) is 5.73 Å². The summed E-state index contributed by atoms with van der Waals surface area (Å²) in [7, 11) is -2.89. The summed E-state index contributed by atoms with van der Waals surface area (Å²) in [4.78, 5) is 13.9. The van der Waals surface area contributed by atoms with Crippen LogP contribution in [-0.2, 0) is 14.6 Å². The van der Waals surface area contributed by atoms with Crippen molar-refractivity contribution in [1.82, 2.24) is 0 Å². The summed E-state index contributed by atoms with van der Waals surface area (Å²) < 4.78 is 22.9. The van der Waals surface area contributed by atoms with Gasteiger partial charge in [0.15, 0.2) is 9.84 Å². The maximum absolute atomic E-state index is 11.8. The highest BCUT2D eigenvalue weighted by Gasteiger charge is 2.21. The number of halogens is 2. The van der Waals surface area contributed by atoms with E-state index in [2.05, 4.69) is 5.32 Å². The first kappa shape index (κ1) is 23.0. The molecule has 6 nitrogen and oxygen atoms in total. The van der Waals surface area contributed by atoms with Crippen LogP contribution in [0.1, 0.15) is 19.8 Å². The van der Waals surface area contributed by atoms with Crippen molar-refractivity contribution < 1.29 is 13.2 Å². The molecule has 1 unspecified atom stereocenters. The Morgan fingerprint density at radius 3 is 2.50 bits per heavy atom. The van der Waals surface area contributed by atoms with Gasteiger partial charge in [-0.1, -0.05) is 6.07 Å². The molecule has 9 heteroatoms. The van der Waals surface area contributed by atoms with E-state index in [1.165, 1.54) is 0 Å². The fourth-order valence-corrected chi connectivity index (χ4v) is 3.53. The number of hydrogen-bond acceptors (Lipinski definition) is 5. The smallest absolute Gasteiger partial charge is 0.224 e. The second-order valence-electron chi connectivity index (χ2n) is 5.75. The molecule has 1 heterocycles. The predicted octanol–water partition coefficient (Wildman–Crippen LogP) is 1.83. The molecule has 3 N–H and O–H groups in total. The Balaban J connectivity index is 0.00000264. The van der Waals surface area contributed by atoms with Gasteiger partial charge in [-0.3, -0.25) is 4.79 Å². The van der Waals surface area contributed by atoms with Gasteiger partial charge in [0.2, 0.25) is 5.91 Å². The zero-order chi connectivity index (χ0) is 16.2. The Bertz CT molecular complexity index is 625. The van der Waals surface area contributed by atoms with Gasteiger partial charge in [0.05, 0.1) is 11.5 Å². The summed E-state index contributed by atoms with van der Waals surface area (Å²) in [6.07, 6.45) is 1.04. The van der Waals surface area contributed by atoms with Gasteiger partial charge in [0.1, 0.15) is 0 Å². The lowest BCUT2D eigenvalue weighted by molar-refractivity contribution is -0.116. The van der Waals surface area contributed by atoms with Gasteiger partial charge in [-0.05, 0) is 31.5 Å². The summed E-state index contributed by atoms with van der Waals surface area (Å²) in [6, 6.07) is 7.50. The molecule has 0 spiro atoms. The zero-order valence-corrected chi connectivity index (χ0v) is 16.1. The Morgan fingerprint density at radius 2 is 1.92 bits per heavy atom. The van der Waals surface area contributed by atoms with E-state index in [1.54, 1.807) is 0 Å². The standard InChI is InChI=1S/C15H23N3O3S.2ClH/c1-12(16)5-6-15(19)17-13-3-2-4-14(11-13)18-7-9-22(20,21)10-8-18;;/h2-4,11-12H,5-10,16H2,1H3,(H,17,19);2*1H. The number of carbonyl (C=O) groups is 1. The van der Waals surface area contributed by atoms with Crippen LogP contribution in [0.5, 0.6) is 0 Å². The van der Waals surface area contributed by atoms with E-state index >= 15 is 0 Å². The third-order valence-electron chi connectivity index (χ3n) is 3.67. The normalized spacial score (nSPS) is 17.2. The zero-order valence-electron chi connectivity index (χ0n) is 13.6. The van der Waals surface area contributed by atoms with Gasteiger partial charge in [-0.15, -0.1) is 24.8 Å². The predicted molar refractivity (Wildman–Crippen MR) is 103 cm³/mol. The molecule has 0 saturated carbocycles. The third-order valence-corrected chi connectivity index (χ3v) is 5.28. The Labute approximate surface area is 155 Å². The van der Waals surface area contributed by atoms with E-state index in [0.29, 0.717) is 25.9 Å². The highest BCUT2D eigenvalue weighted by Crippen LogP contribution is 2.21. The molecule has 1 atom stereocenters. The van der Waals surface area contributed by atoms with Crippen LogP contribution in [0.4, 0.5) is 11.4 Å². The first-order valence-electron chi connectivity index (χ1n) is 7.46. The highest BCUT2D eigenvalue weighted by molar-refractivity contribution is 7.91. The number of benzene rings is 1. The minimum atomic E-state index is -2.89. The molecule has 24 heavy (non-hydrogen) atoms. The molecular weight excluding hydrogens is 373 g/mol. The Kier molecular flexibility index (Phi) is 9.65. The van der Waals surface area contributed by atoms with Crippen LogP contribution in [0.15, 0.2) is 24.3 Å². The minimum Gasteiger partial charge on any atom is -0.369 e. The van der Waals surface area contributed by atoms with Crippen LogP contribution in [-0.4, -0.2) is 45.0 Å². The molecule has 138 valence electrons. The van der Waals surface area contributed by atoms with Crippen LogP contribution in [0.3, 0.4) is 0 Å². The lowest BCUT2D eigenvalue weighted by Crippen LogP contribution is -2.40. The number of sulfone groups is 1. The summed E-state index contributed by atoms with van der Waals surface area (Å²) >= 11 is 0. The first-order valence-corrected chi connectivity index (χ1v) is 9.29. The number of hydrogen-bond donors (Lipinski definition) is 2. The fourth-order valence-electron chi connectivity index (χ4n) is 2.33. The number of nitrogens with one attached hydrogen (secondary N) is 1. The second kappa shape index (κ2) is 10.1. The van der Waals surface area contributed by atoms with E-state index in [-0.39, 0.29) is 48.3 Å². The second-order valence-corrected chi connectivity index (χ2v) is 8.06. The quantitative estimate of drug-likeness (QED) is 0.790. The molecule has 1 amide bonds. The monoisotopic (exact) mass is 397 g/mol. The number of carbonyl (C=O) groups excluding carboxylic acids is 1. The highest BCUT2D eigenvalue weighted by atomic mass is 35.5. The maximum atomic E-state index is 11.8. The van der Waals surface area contributed by atoms with E-state index in [9.17, 15) is 13.2 Å². The topological polar surface area (TPSA) is 92.5 Å². The van der Waals surface area contributed by atoms with Crippen LogP contribution < -0.4 is 16.0 Å². The van der Waals surface area contributed by atoms with Crippen molar-refractivity contribution in [2.24, 2.45) is 5.73 Å². The maximum Gasteiger partial charge on any atom is 0.224 e. The van der Waals surface area contributed by atoms with Gasteiger partial charge < -0.3 is 16.0 Å². The largest absolute Gasteiger partial charge is 0.369 e. The molecule has 0 bridgehead atoms. The molecule has 1 aliphatic rings. The number of nitrogens with two attached hydrogens (primary N) is 1. The summed E-state index contributed by atoms with van der Waals surface area (Å²) in [6.45, 7) is 2.85. The average molecular weight is 398 g/mol. The molecule has 1 fully saturated rings. The number of anilines is 2. The molecular formula is C15H25Cl2N3O3S. The Morgan fingerprint density at radius 1 is 1.29 bits per heavy atom. The van der Waals surface area contributed by atoms with Crippen molar-refractivity contribution in [3.8, 4) is 0 Å². The Hall–Kier alpha value is -1.02. The summed E-state index contributed by atoms with van der Waals surface area (Å²) in [5.41, 5.74) is 7.30. The van der Waals surface area contributed by atoms with Gasteiger partial charge in [0.25, 0.3) is 0 Å². The van der Waals surface area contributed by atoms with Crippen LogP contribution in [0.25, 0.3) is 0 Å². The molecule has 1 aromatic carbocycles. The van der Waals surface area contributed by atoms with E-state index in [0.717, 1.165) is 11.4 Å². The van der Waals surface area contributed by atoms with E-state index < -0.39 is 9.84 Å². The lowest BCUT2D eigenvalue weighted by Gasteiger charge is -2.29. The number of rotatable bonds is 5. The van der Waals surface area contributed by atoms with Gasteiger partial charge in [0, 0.05) is 36.9 Å². The van der Waals surface area contributed by atoms with Crippen molar-refractivity contribution in [2.45, 2.75) is 25.8 Å². The third kappa shape index (κ3) is 7.25. The van der Waals surface area contributed by atoms with Gasteiger partial charge >= 0.3 is 0 Å². The van der Waals surface area contributed by atoms with Crippen LogP contribution in [0.2, 0.25) is 0 Å². The molecule has 1 saturated heterocycles. The fraction of sp³-hybridized carbons (Fsp3) is 0.533. The SMILES string of the molecule is CC(N)CCC(=O)Nc1cccc(N2CCS(=O)(=O)CC2)c1.Cl.Cl. The van der Waals surface area contributed by atoms with Crippen LogP contribution in [0, 0.1) is 0 Å². The average Bonchev–Trinajstić information content (AvgIpc) is 2.45. The van der Waals surface area contributed by atoms with E-state index in [1.807, 2.05) is 36.1 Å². The molecule has 1 aliphatic heterocycles. The summed E-state index contributed by atoms with van der Waals surface area (Å²) in [5.74, 6) is 0.298. The number of amides is 1. The van der Waals surface area contributed by atoms with Crippen LogP contribution >= 0.6 is 24.8 Å². The van der Waals surface area contributed by atoms with Crippen molar-refractivity contribution in [3.63, 3.8) is 0 Å². The molecule has 2 rings (SSSR count). The van der Waals surface area contributed by atoms with Crippen molar-refractivity contribution in [2.75, 3.05) is 34.8 Å². The lowest BCUT2D eigenvalue weighted by atomic mass is 10.2. The molecule has 1 aromatic rings. The molecule has 0 aromatic heterocycles. The first-order chi connectivity index (χ1) is 10.4. The minimum absolute atomic E-state index is 0. The molecule has 0 aliphatic carbocycles. The molecule has 0 radical (unpaired) electrons.